The molecule has 1 fully saturated rings. The summed E-state index contributed by atoms with van der Waals surface area (Å²) >= 11 is 0. The van der Waals surface area contributed by atoms with E-state index in [1.165, 1.54) is 0 Å². The maximum absolute atomic E-state index is 12.6. The molecule has 1 aliphatic heterocycles. The van der Waals surface area contributed by atoms with E-state index in [1.807, 2.05) is 19.1 Å². The van der Waals surface area contributed by atoms with Gasteiger partial charge in [0.15, 0.2) is 5.78 Å². The molecule has 0 unspecified atom stereocenters. The Balaban J connectivity index is 1.68. The molecule has 25 heavy (non-hydrogen) atoms. The number of Topliss-reactive ketones (excluding diaryl/α,β-unsaturated/α-hetero) is 2. The molecule has 0 saturated carbocycles. The summed E-state index contributed by atoms with van der Waals surface area (Å²) < 4.78 is 5.28. The van der Waals surface area contributed by atoms with Gasteiger partial charge in [-0.25, -0.2) is 0 Å². The maximum atomic E-state index is 12.6. The molecular formula is C20H25NO4. The van der Waals surface area contributed by atoms with Crippen molar-refractivity contribution in [1.29, 1.82) is 0 Å². The van der Waals surface area contributed by atoms with Crippen LogP contribution in [0.3, 0.4) is 0 Å². The molecule has 5 nitrogen and oxygen atoms in total. The number of nitrogens with one attached hydrogen (secondary N) is 1. The summed E-state index contributed by atoms with van der Waals surface area (Å²) in [6.45, 7) is 3.71. The molecular weight excluding hydrogens is 318 g/mol. The minimum atomic E-state index is -0.552. The minimum Gasteiger partial charge on any atom is -0.466 e. The maximum Gasteiger partial charge on any atom is 0.312 e. The Hall–Kier alpha value is -2.01. The van der Waals surface area contributed by atoms with Crippen molar-refractivity contribution in [3.8, 4) is 0 Å². The highest BCUT2D eigenvalue weighted by Gasteiger charge is 2.41. The number of hydrogen-bond acceptors (Lipinski definition) is 5. The Morgan fingerprint density at radius 2 is 1.88 bits per heavy atom. The lowest BCUT2D eigenvalue weighted by atomic mass is 9.74. The molecule has 134 valence electrons. The van der Waals surface area contributed by atoms with Crippen molar-refractivity contribution in [2.24, 2.45) is 5.41 Å². The first-order valence-corrected chi connectivity index (χ1v) is 9.09. The zero-order valence-electron chi connectivity index (χ0n) is 14.7. The third-order valence-corrected chi connectivity index (χ3v) is 5.40. The van der Waals surface area contributed by atoms with Crippen LogP contribution in [0, 0.1) is 5.41 Å². The summed E-state index contributed by atoms with van der Waals surface area (Å²) in [6.07, 6.45) is 3.15. The number of ketones is 2. The van der Waals surface area contributed by atoms with Crippen molar-refractivity contribution in [2.45, 2.75) is 45.4 Å². The van der Waals surface area contributed by atoms with Gasteiger partial charge in [0.2, 0.25) is 0 Å². The molecule has 0 spiro atoms. The summed E-state index contributed by atoms with van der Waals surface area (Å²) in [5.74, 6) is 0.0590. The van der Waals surface area contributed by atoms with Crippen LogP contribution in [0.25, 0.3) is 0 Å². The second kappa shape index (κ2) is 7.48. The highest BCUT2D eigenvalue weighted by Crippen LogP contribution is 2.36. The Morgan fingerprint density at radius 1 is 1.16 bits per heavy atom. The van der Waals surface area contributed by atoms with E-state index in [0.717, 1.165) is 24.2 Å². The number of rotatable bonds is 6. The summed E-state index contributed by atoms with van der Waals surface area (Å²) in [7, 11) is 0. The predicted molar refractivity (Wildman–Crippen MR) is 93.6 cm³/mol. The lowest BCUT2D eigenvalue weighted by molar-refractivity contribution is -0.157. The molecule has 2 aliphatic rings. The molecule has 0 bridgehead atoms. The molecule has 1 heterocycles. The van der Waals surface area contributed by atoms with E-state index in [0.29, 0.717) is 50.7 Å². The van der Waals surface area contributed by atoms with Crippen LogP contribution < -0.4 is 5.32 Å². The minimum absolute atomic E-state index is 0.0318. The number of ether oxygens (including phenoxy) is 1. The molecule has 3 rings (SSSR count). The van der Waals surface area contributed by atoms with Gasteiger partial charge in [0.05, 0.1) is 12.0 Å². The van der Waals surface area contributed by atoms with Gasteiger partial charge in [-0.1, -0.05) is 12.1 Å². The average molecular weight is 343 g/mol. The second-order valence-electron chi connectivity index (χ2n) is 7.05. The third kappa shape index (κ3) is 3.82. The zero-order valence-corrected chi connectivity index (χ0v) is 14.7. The van der Waals surface area contributed by atoms with E-state index in [9.17, 15) is 14.4 Å². The molecule has 0 atom stereocenters. The zero-order chi connectivity index (χ0) is 17.9. The Kier molecular flexibility index (Phi) is 5.33. The van der Waals surface area contributed by atoms with Crippen LogP contribution in [-0.2, 0) is 27.2 Å². The fourth-order valence-corrected chi connectivity index (χ4v) is 3.87. The van der Waals surface area contributed by atoms with Gasteiger partial charge >= 0.3 is 5.97 Å². The van der Waals surface area contributed by atoms with Gasteiger partial charge in [-0.2, -0.15) is 0 Å². The van der Waals surface area contributed by atoms with Crippen molar-refractivity contribution in [1.82, 2.24) is 5.32 Å². The molecule has 5 heteroatoms. The van der Waals surface area contributed by atoms with Gasteiger partial charge in [0, 0.05) is 24.8 Å². The molecule has 1 aromatic rings. The number of fused-ring (bicyclic) bond motifs is 1. The summed E-state index contributed by atoms with van der Waals surface area (Å²) in [5.41, 5.74) is 2.09. The fourth-order valence-electron chi connectivity index (χ4n) is 3.87. The van der Waals surface area contributed by atoms with E-state index in [4.69, 9.17) is 4.74 Å². The highest BCUT2D eigenvalue weighted by atomic mass is 16.5. The van der Waals surface area contributed by atoms with Crippen LogP contribution in [-0.4, -0.2) is 37.2 Å². The first kappa shape index (κ1) is 17.8. The normalized spacial score (nSPS) is 18.7. The number of esters is 1. The molecule has 1 N–H and O–H groups in total. The molecule has 0 aromatic heterocycles. The summed E-state index contributed by atoms with van der Waals surface area (Å²) in [6, 6.07) is 5.54. The van der Waals surface area contributed by atoms with Crippen LogP contribution in [0.2, 0.25) is 0 Å². The third-order valence-electron chi connectivity index (χ3n) is 5.40. The number of carbonyl (C=O) groups excluding carboxylic acids is 3. The fraction of sp³-hybridized carbons (Fsp3) is 0.550. The van der Waals surface area contributed by atoms with Gasteiger partial charge in [0.25, 0.3) is 0 Å². The van der Waals surface area contributed by atoms with Crippen LogP contribution in [0.4, 0.5) is 0 Å². The molecule has 1 saturated heterocycles. The number of hydrogen-bond donors (Lipinski definition) is 1. The number of carbonyl (C=O) groups is 3. The monoisotopic (exact) mass is 343 g/mol. The van der Waals surface area contributed by atoms with Gasteiger partial charge in [0.1, 0.15) is 5.78 Å². The SMILES string of the molecule is CCOC(=O)C1(CCC(=O)c2ccc3c(c2)CC(=O)C3)CCNCC1. The smallest absolute Gasteiger partial charge is 0.312 e. The van der Waals surface area contributed by atoms with Gasteiger partial charge < -0.3 is 10.1 Å². The topological polar surface area (TPSA) is 72.5 Å². The molecule has 0 radical (unpaired) electrons. The van der Waals surface area contributed by atoms with Crippen LogP contribution in [0.15, 0.2) is 18.2 Å². The first-order chi connectivity index (χ1) is 12.0. The van der Waals surface area contributed by atoms with Crippen molar-refractivity contribution in [2.75, 3.05) is 19.7 Å². The average Bonchev–Trinajstić information content (AvgIpc) is 2.99. The van der Waals surface area contributed by atoms with Crippen molar-refractivity contribution in [3.05, 3.63) is 34.9 Å². The first-order valence-electron chi connectivity index (χ1n) is 9.09. The molecule has 1 aromatic carbocycles. The van der Waals surface area contributed by atoms with E-state index in [1.54, 1.807) is 6.07 Å². The number of piperidine rings is 1. The van der Waals surface area contributed by atoms with Crippen molar-refractivity contribution < 1.29 is 19.1 Å². The summed E-state index contributed by atoms with van der Waals surface area (Å²) in [5, 5.41) is 3.26. The highest BCUT2D eigenvalue weighted by molar-refractivity contribution is 5.98. The largest absolute Gasteiger partial charge is 0.466 e. The van der Waals surface area contributed by atoms with Crippen LogP contribution in [0.5, 0.6) is 0 Å². The van der Waals surface area contributed by atoms with Crippen LogP contribution >= 0.6 is 0 Å². The standard InChI is InChI=1S/C20H25NO4/c1-2-25-19(24)20(7-9-21-10-8-20)6-5-18(23)15-4-3-14-12-17(22)13-16(14)11-15/h3-4,11,21H,2,5-10,12-13H2,1H3. The van der Waals surface area contributed by atoms with Gasteiger partial charge in [-0.05, 0) is 56.5 Å². The van der Waals surface area contributed by atoms with Crippen molar-refractivity contribution in [3.63, 3.8) is 0 Å². The summed E-state index contributed by atoms with van der Waals surface area (Å²) in [4.78, 5) is 36.6. The predicted octanol–water partition coefficient (Wildman–Crippen LogP) is 2.25. The van der Waals surface area contributed by atoms with E-state index < -0.39 is 5.41 Å². The second-order valence-corrected chi connectivity index (χ2v) is 7.05. The number of benzene rings is 1. The Morgan fingerprint density at radius 3 is 2.60 bits per heavy atom. The lowest BCUT2D eigenvalue weighted by Gasteiger charge is -2.35. The van der Waals surface area contributed by atoms with E-state index >= 15 is 0 Å². The van der Waals surface area contributed by atoms with Gasteiger partial charge in [-0.3, -0.25) is 14.4 Å². The quantitative estimate of drug-likeness (QED) is 0.633. The Bertz CT molecular complexity index is 689. The van der Waals surface area contributed by atoms with Crippen LogP contribution in [0.1, 0.15) is 54.1 Å². The van der Waals surface area contributed by atoms with E-state index in [2.05, 4.69) is 5.32 Å². The van der Waals surface area contributed by atoms with Crippen molar-refractivity contribution >= 4 is 17.5 Å². The molecule has 1 aliphatic carbocycles. The van der Waals surface area contributed by atoms with E-state index in [-0.39, 0.29) is 17.5 Å². The lowest BCUT2D eigenvalue weighted by Crippen LogP contribution is -2.43. The molecule has 0 amide bonds. The van der Waals surface area contributed by atoms with Gasteiger partial charge in [-0.15, -0.1) is 0 Å². The Labute approximate surface area is 148 Å².